The van der Waals surface area contributed by atoms with E-state index in [1.54, 1.807) is 0 Å². The molecule has 0 radical (unpaired) electrons. The highest BCUT2D eigenvalue weighted by Crippen LogP contribution is 2.28. The Morgan fingerprint density at radius 3 is 1.65 bits per heavy atom. The van der Waals surface area contributed by atoms with Gasteiger partial charge in [0.05, 0.1) is 13.2 Å². The number of hydrogen-bond donors (Lipinski definition) is 0. The smallest absolute Gasteiger partial charge is 0.345 e. The fourth-order valence-electron chi connectivity index (χ4n) is 2.05. The van der Waals surface area contributed by atoms with Crippen molar-refractivity contribution >= 4 is 11.9 Å². The van der Waals surface area contributed by atoms with E-state index in [4.69, 9.17) is 9.47 Å². The number of rotatable bonds is 6. The summed E-state index contributed by atoms with van der Waals surface area (Å²) in [6.07, 6.45) is 3.63. The summed E-state index contributed by atoms with van der Waals surface area (Å²) in [5.41, 5.74) is 1.04. The average Bonchev–Trinajstić information content (AvgIpc) is 2.87. The van der Waals surface area contributed by atoms with Gasteiger partial charge in [-0.15, -0.1) is 0 Å². The van der Waals surface area contributed by atoms with Crippen molar-refractivity contribution in [3.8, 4) is 0 Å². The lowest BCUT2D eigenvalue weighted by molar-refractivity contribution is -0.148. The molecule has 20 heavy (non-hydrogen) atoms. The van der Waals surface area contributed by atoms with Crippen LogP contribution in [0.2, 0.25) is 0 Å². The van der Waals surface area contributed by atoms with Crippen molar-refractivity contribution in [2.45, 2.75) is 53.4 Å². The molecule has 0 unspecified atom stereocenters. The van der Waals surface area contributed by atoms with Gasteiger partial charge in [-0.2, -0.15) is 0 Å². The third-order valence-corrected chi connectivity index (χ3v) is 3.06. The minimum Gasteiger partial charge on any atom is -0.462 e. The summed E-state index contributed by atoms with van der Waals surface area (Å²) in [5, 5.41) is 0. The van der Waals surface area contributed by atoms with Crippen LogP contribution in [0.5, 0.6) is 0 Å². The quantitative estimate of drug-likeness (QED) is 0.325. The molecule has 0 aromatic carbocycles. The predicted molar refractivity (Wildman–Crippen MR) is 77.1 cm³/mol. The second kappa shape index (κ2) is 8.08. The van der Waals surface area contributed by atoms with Crippen LogP contribution in [0.15, 0.2) is 11.1 Å². The van der Waals surface area contributed by atoms with Crippen molar-refractivity contribution in [3.63, 3.8) is 0 Å². The molecular formula is C16H26O4. The predicted octanol–water partition coefficient (Wildman–Crippen LogP) is 3.26. The molecule has 1 aliphatic rings. The van der Waals surface area contributed by atoms with Crippen LogP contribution < -0.4 is 0 Å². The van der Waals surface area contributed by atoms with E-state index < -0.39 is 11.9 Å². The molecule has 1 aliphatic carbocycles. The lowest BCUT2D eigenvalue weighted by Gasteiger charge is -2.13. The molecule has 0 aliphatic heterocycles. The first-order valence-corrected chi connectivity index (χ1v) is 7.48. The molecule has 1 saturated carbocycles. The molecule has 0 bridgehead atoms. The standard InChI is InChI=1S/C16H26O4/c1-11(2)9-19-15(17)14(13-7-5-6-8-13)16(18)20-10-12(3)4/h11-12H,5-10H2,1-4H3. The summed E-state index contributed by atoms with van der Waals surface area (Å²) < 4.78 is 10.4. The maximum atomic E-state index is 12.1. The van der Waals surface area contributed by atoms with Crippen LogP contribution in [0.3, 0.4) is 0 Å². The molecule has 0 spiro atoms. The molecule has 0 aromatic rings. The summed E-state index contributed by atoms with van der Waals surface area (Å²) in [4.78, 5) is 24.3. The van der Waals surface area contributed by atoms with Crippen LogP contribution in [-0.2, 0) is 19.1 Å². The Morgan fingerprint density at radius 1 is 0.900 bits per heavy atom. The molecule has 4 nitrogen and oxygen atoms in total. The van der Waals surface area contributed by atoms with Crippen molar-refractivity contribution in [1.29, 1.82) is 0 Å². The molecule has 0 N–H and O–H groups in total. The van der Waals surface area contributed by atoms with Crippen molar-refractivity contribution in [2.75, 3.05) is 13.2 Å². The number of allylic oxidation sites excluding steroid dienone is 1. The van der Waals surface area contributed by atoms with Crippen molar-refractivity contribution in [2.24, 2.45) is 11.8 Å². The summed E-state index contributed by atoms with van der Waals surface area (Å²) >= 11 is 0. The summed E-state index contributed by atoms with van der Waals surface area (Å²) in [6.45, 7) is 8.51. The topological polar surface area (TPSA) is 52.6 Å². The molecule has 114 valence electrons. The normalized spacial score (nSPS) is 14.8. The van der Waals surface area contributed by atoms with Gasteiger partial charge in [-0.3, -0.25) is 0 Å². The van der Waals surface area contributed by atoms with Gasteiger partial charge in [0.2, 0.25) is 0 Å². The van der Waals surface area contributed by atoms with Gasteiger partial charge in [-0.25, -0.2) is 9.59 Å². The average molecular weight is 282 g/mol. The first-order valence-electron chi connectivity index (χ1n) is 7.48. The highest BCUT2D eigenvalue weighted by atomic mass is 16.6. The molecular weight excluding hydrogens is 256 g/mol. The Kier molecular flexibility index (Phi) is 6.76. The maximum absolute atomic E-state index is 12.1. The van der Waals surface area contributed by atoms with E-state index in [1.165, 1.54) is 0 Å². The molecule has 1 fully saturated rings. The number of ether oxygens (including phenoxy) is 2. The second-order valence-corrected chi connectivity index (χ2v) is 6.17. The van der Waals surface area contributed by atoms with Crippen molar-refractivity contribution in [1.82, 2.24) is 0 Å². The number of esters is 2. The molecule has 0 atom stereocenters. The Hall–Kier alpha value is -1.32. The fourth-order valence-corrected chi connectivity index (χ4v) is 2.05. The van der Waals surface area contributed by atoms with Crippen LogP contribution >= 0.6 is 0 Å². The third kappa shape index (κ3) is 5.35. The maximum Gasteiger partial charge on any atom is 0.345 e. The van der Waals surface area contributed by atoms with Crippen molar-refractivity contribution < 1.29 is 19.1 Å². The summed E-state index contributed by atoms with van der Waals surface area (Å²) in [6, 6.07) is 0. The zero-order valence-electron chi connectivity index (χ0n) is 13.0. The van der Waals surface area contributed by atoms with Gasteiger partial charge in [0.1, 0.15) is 5.57 Å². The Balaban J connectivity index is 2.78. The van der Waals surface area contributed by atoms with E-state index in [1.807, 2.05) is 27.7 Å². The molecule has 0 amide bonds. The first-order chi connectivity index (χ1) is 9.41. The SMILES string of the molecule is CC(C)COC(=O)C(C(=O)OCC(C)C)=C1CCCC1. The van der Waals surface area contributed by atoms with Crippen LogP contribution in [0.4, 0.5) is 0 Å². The highest BCUT2D eigenvalue weighted by Gasteiger charge is 2.27. The van der Waals surface area contributed by atoms with Crippen molar-refractivity contribution in [3.05, 3.63) is 11.1 Å². The van der Waals surface area contributed by atoms with Gasteiger partial charge >= 0.3 is 11.9 Å². The van der Waals surface area contributed by atoms with Gasteiger partial charge in [-0.05, 0) is 43.1 Å². The molecule has 0 saturated heterocycles. The van der Waals surface area contributed by atoms with E-state index in [-0.39, 0.29) is 17.4 Å². The summed E-state index contributed by atoms with van der Waals surface area (Å²) in [5.74, 6) is -0.547. The fraction of sp³-hybridized carbons (Fsp3) is 0.750. The van der Waals surface area contributed by atoms with Gasteiger partial charge in [0.25, 0.3) is 0 Å². The van der Waals surface area contributed by atoms with Crippen LogP contribution in [-0.4, -0.2) is 25.2 Å². The molecule has 0 aromatic heterocycles. The van der Waals surface area contributed by atoms with Crippen LogP contribution in [0.25, 0.3) is 0 Å². The van der Waals surface area contributed by atoms with E-state index in [0.29, 0.717) is 13.2 Å². The number of carbonyl (C=O) groups excluding carboxylic acids is 2. The zero-order valence-corrected chi connectivity index (χ0v) is 13.0. The molecule has 1 rings (SSSR count). The Bertz CT molecular complexity index is 346. The van der Waals surface area contributed by atoms with E-state index in [2.05, 4.69) is 0 Å². The van der Waals surface area contributed by atoms with E-state index >= 15 is 0 Å². The minimum atomic E-state index is -0.524. The van der Waals surface area contributed by atoms with Gasteiger partial charge in [0, 0.05) is 0 Å². The monoisotopic (exact) mass is 282 g/mol. The number of carbonyl (C=O) groups is 2. The Morgan fingerprint density at radius 2 is 1.30 bits per heavy atom. The lowest BCUT2D eigenvalue weighted by Crippen LogP contribution is -2.22. The van der Waals surface area contributed by atoms with Gasteiger partial charge in [-0.1, -0.05) is 27.7 Å². The zero-order chi connectivity index (χ0) is 15.1. The van der Waals surface area contributed by atoms with Crippen LogP contribution in [0.1, 0.15) is 53.4 Å². The van der Waals surface area contributed by atoms with Gasteiger partial charge in [0.15, 0.2) is 0 Å². The second-order valence-electron chi connectivity index (χ2n) is 6.17. The van der Waals surface area contributed by atoms with E-state index in [0.717, 1.165) is 31.3 Å². The third-order valence-electron chi connectivity index (χ3n) is 3.06. The lowest BCUT2D eigenvalue weighted by atomic mass is 10.1. The first kappa shape index (κ1) is 16.7. The van der Waals surface area contributed by atoms with Gasteiger partial charge < -0.3 is 9.47 Å². The van der Waals surface area contributed by atoms with E-state index in [9.17, 15) is 9.59 Å². The van der Waals surface area contributed by atoms with Crippen LogP contribution in [0, 0.1) is 11.8 Å². The number of hydrogen-bond acceptors (Lipinski definition) is 4. The molecule has 0 heterocycles. The largest absolute Gasteiger partial charge is 0.462 e. The Labute approximate surface area is 121 Å². The minimum absolute atomic E-state index is 0.142. The molecule has 4 heteroatoms. The summed E-state index contributed by atoms with van der Waals surface area (Å²) in [7, 11) is 0. The highest BCUT2D eigenvalue weighted by molar-refractivity contribution is 6.14.